The van der Waals surface area contributed by atoms with Crippen LogP contribution in [0.2, 0.25) is 0 Å². The van der Waals surface area contributed by atoms with Crippen LogP contribution in [-0.4, -0.2) is 24.5 Å². The van der Waals surface area contributed by atoms with Crippen molar-refractivity contribution in [3.63, 3.8) is 0 Å². The third-order valence-electron chi connectivity index (χ3n) is 3.36. The number of halogens is 3. The van der Waals surface area contributed by atoms with Gasteiger partial charge in [0.15, 0.2) is 17.5 Å². The zero-order valence-electron chi connectivity index (χ0n) is 10.5. The lowest BCUT2D eigenvalue weighted by atomic mass is 9.99. The number of benzene rings is 1. The van der Waals surface area contributed by atoms with Gasteiger partial charge < -0.3 is 10.6 Å². The lowest BCUT2D eigenvalue weighted by molar-refractivity contribution is 0.0914. The van der Waals surface area contributed by atoms with Gasteiger partial charge in [0.1, 0.15) is 0 Å². The molecular weight excluding hydrogens is 257 g/mol. The van der Waals surface area contributed by atoms with Crippen LogP contribution in [0.25, 0.3) is 0 Å². The minimum atomic E-state index is -1.62. The highest BCUT2D eigenvalue weighted by atomic mass is 19.2. The van der Waals surface area contributed by atoms with Gasteiger partial charge >= 0.3 is 0 Å². The van der Waals surface area contributed by atoms with E-state index in [1.807, 2.05) is 6.92 Å². The first kappa shape index (κ1) is 13.9. The summed E-state index contributed by atoms with van der Waals surface area (Å²) >= 11 is 0. The highest BCUT2D eigenvalue weighted by Gasteiger charge is 2.25. The maximum absolute atomic E-state index is 13.5. The Hall–Kier alpha value is -1.56. The monoisotopic (exact) mass is 272 g/mol. The number of carbonyl (C=O) groups excluding carboxylic acids is 1. The van der Waals surface area contributed by atoms with Crippen LogP contribution in [0.1, 0.15) is 30.1 Å². The van der Waals surface area contributed by atoms with Gasteiger partial charge in [-0.1, -0.05) is 0 Å². The van der Waals surface area contributed by atoms with Crippen LogP contribution in [0.5, 0.6) is 0 Å². The molecule has 1 aromatic carbocycles. The van der Waals surface area contributed by atoms with E-state index in [4.69, 9.17) is 0 Å². The Morgan fingerprint density at radius 2 is 2.05 bits per heavy atom. The van der Waals surface area contributed by atoms with Crippen LogP contribution in [0, 0.1) is 17.5 Å². The third-order valence-corrected chi connectivity index (χ3v) is 3.36. The highest BCUT2D eigenvalue weighted by Crippen LogP contribution is 2.16. The molecule has 1 saturated heterocycles. The lowest BCUT2D eigenvalue weighted by Crippen LogP contribution is -2.52. The van der Waals surface area contributed by atoms with E-state index in [1.54, 1.807) is 0 Å². The molecule has 0 bridgehead atoms. The Kier molecular flexibility index (Phi) is 4.09. The summed E-state index contributed by atoms with van der Waals surface area (Å²) in [5.41, 5.74) is -0.475. The Morgan fingerprint density at radius 3 is 2.74 bits per heavy atom. The van der Waals surface area contributed by atoms with E-state index in [9.17, 15) is 18.0 Å². The van der Waals surface area contributed by atoms with Crippen molar-refractivity contribution in [3.8, 4) is 0 Å². The summed E-state index contributed by atoms with van der Waals surface area (Å²) in [6.07, 6.45) is 1.67. The van der Waals surface area contributed by atoms with Crippen molar-refractivity contribution >= 4 is 5.91 Å². The Bertz CT molecular complexity index is 493. The van der Waals surface area contributed by atoms with E-state index in [-0.39, 0.29) is 12.1 Å². The van der Waals surface area contributed by atoms with Crippen LogP contribution >= 0.6 is 0 Å². The summed E-state index contributed by atoms with van der Waals surface area (Å²) in [6, 6.07) is 1.61. The van der Waals surface area contributed by atoms with Gasteiger partial charge in [0.2, 0.25) is 0 Å². The molecule has 0 aromatic heterocycles. The molecule has 2 rings (SSSR count). The molecule has 0 unspecified atom stereocenters. The first-order valence-electron chi connectivity index (χ1n) is 6.18. The van der Waals surface area contributed by atoms with Gasteiger partial charge in [0, 0.05) is 12.1 Å². The van der Waals surface area contributed by atoms with Crippen molar-refractivity contribution < 1.29 is 18.0 Å². The third kappa shape index (κ3) is 2.89. The lowest BCUT2D eigenvalue weighted by Gasteiger charge is -2.30. The molecule has 19 heavy (non-hydrogen) atoms. The Labute approximate surface area is 109 Å². The number of nitrogens with one attached hydrogen (secondary N) is 2. The highest BCUT2D eigenvalue weighted by molar-refractivity contribution is 5.94. The molecule has 2 N–H and O–H groups in total. The van der Waals surface area contributed by atoms with Gasteiger partial charge in [0.25, 0.3) is 5.91 Å². The molecule has 2 atom stereocenters. The predicted octanol–water partition coefficient (Wildman–Crippen LogP) is 1.97. The zero-order chi connectivity index (χ0) is 14.0. The van der Waals surface area contributed by atoms with Gasteiger partial charge in [-0.25, -0.2) is 13.2 Å². The summed E-state index contributed by atoms with van der Waals surface area (Å²) in [5, 5.41) is 5.82. The second kappa shape index (κ2) is 5.61. The minimum Gasteiger partial charge on any atom is -0.348 e. The predicted molar refractivity (Wildman–Crippen MR) is 64.3 cm³/mol. The van der Waals surface area contributed by atoms with Crippen LogP contribution in [0.15, 0.2) is 12.1 Å². The molecule has 0 radical (unpaired) electrons. The molecule has 6 heteroatoms. The molecule has 1 aliphatic heterocycles. The largest absolute Gasteiger partial charge is 0.348 e. The number of rotatable bonds is 2. The molecule has 1 aliphatic rings. The smallest absolute Gasteiger partial charge is 0.254 e. The summed E-state index contributed by atoms with van der Waals surface area (Å²) in [6.45, 7) is 2.78. The number of hydrogen-bond donors (Lipinski definition) is 2. The van der Waals surface area contributed by atoms with Gasteiger partial charge in [-0.15, -0.1) is 0 Å². The van der Waals surface area contributed by atoms with Gasteiger partial charge in [0.05, 0.1) is 5.56 Å². The van der Waals surface area contributed by atoms with Gasteiger partial charge in [-0.05, 0) is 38.4 Å². The maximum atomic E-state index is 13.5. The topological polar surface area (TPSA) is 41.1 Å². The van der Waals surface area contributed by atoms with Crippen molar-refractivity contribution in [1.82, 2.24) is 10.6 Å². The fraction of sp³-hybridized carbons (Fsp3) is 0.462. The molecule has 104 valence electrons. The SMILES string of the molecule is C[C@@H]1NCCC[C@@H]1NC(=O)c1ccc(F)c(F)c1F. The molecule has 3 nitrogen and oxygen atoms in total. The average Bonchev–Trinajstić information content (AvgIpc) is 2.39. The first-order valence-corrected chi connectivity index (χ1v) is 6.18. The molecule has 1 heterocycles. The summed E-state index contributed by atoms with van der Waals surface area (Å²) in [7, 11) is 0. The van der Waals surface area contributed by atoms with Crippen LogP contribution in [0.4, 0.5) is 13.2 Å². The number of amides is 1. The first-order chi connectivity index (χ1) is 9.00. The standard InChI is InChI=1S/C13H15F3N2O/c1-7-10(3-2-6-17-7)18-13(19)8-4-5-9(14)12(16)11(8)15/h4-5,7,10,17H,2-3,6H2,1H3,(H,18,19)/t7-,10-/m0/s1. The van der Waals surface area contributed by atoms with E-state index in [0.29, 0.717) is 0 Å². The van der Waals surface area contributed by atoms with E-state index in [0.717, 1.165) is 31.5 Å². The molecule has 0 saturated carbocycles. The summed E-state index contributed by atoms with van der Waals surface area (Å²) in [5.74, 6) is -5.10. The maximum Gasteiger partial charge on any atom is 0.254 e. The summed E-state index contributed by atoms with van der Waals surface area (Å²) < 4.78 is 39.3. The van der Waals surface area contributed by atoms with E-state index < -0.39 is 28.9 Å². The Morgan fingerprint density at radius 1 is 1.32 bits per heavy atom. The minimum absolute atomic E-state index is 0.0612. The zero-order valence-corrected chi connectivity index (χ0v) is 10.5. The van der Waals surface area contributed by atoms with Crippen LogP contribution in [-0.2, 0) is 0 Å². The molecular formula is C13H15F3N2O. The van der Waals surface area contributed by atoms with E-state index in [1.165, 1.54) is 0 Å². The van der Waals surface area contributed by atoms with Crippen molar-refractivity contribution in [2.75, 3.05) is 6.54 Å². The summed E-state index contributed by atoms with van der Waals surface area (Å²) in [4.78, 5) is 11.9. The normalized spacial score (nSPS) is 23.2. The molecule has 1 amide bonds. The fourth-order valence-electron chi connectivity index (χ4n) is 2.19. The number of carbonyl (C=O) groups is 1. The van der Waals surface area contributed by atoms with Crippen molar-refractivity contribution in [3.05, 3.63) is 35.1 Å². The molecule has 0 aliphatic carbocycles. The number of hydrogen-bond acceptors (Lipinski definition) is 2. The molecule has 1 fully saturated rings. The van der Waals surface area contributed by atoms with Crippen LogP contribution in [0.3, 0.4) is 0 Å². The van der Waals surface area contributed by atoms with Crippen molar-refractivity contribution in [1.29, 1.82) is 0 Å². The van der Waals surface area contributed by atoms with Crippen molar-refractivity contribution in [2.45, 2.75) is 31.8 Å². The Balaban J connectivity index is 2.14. The van der Waals surface area contributed by atoms with Crippen LogP contribution < -0.4 is 10.6 Å². The second-order valence-electron chi connectivity index (χ2n) is 4.69. The average molecular weight is 272 g/mol. The van der Waals surface area contributed by atoms with Gasteiger partial charge in [-0.3, -0.25) is 4.79 Å². The quantitative estimate of drug-likeness (QED) is 0.808. The van der Waals surface area contributed by atoms with E-state index in [2.05, 4.69) is 10.6 Å². The fourth-order valence-corrected chi connectivity index (χ4v) is 2.19. The number of piperidine rings is 1. The van der Waals surface area contributed by atoms with Gasteiger partial charge in [-0.2, -0.15) is 0 Å². The molecule has 1 aromatic rings. The second-order valence-corrected chi connectivity index (χ2v) is 4.69. The molecule has 0 spiro atoms. The van der Waals surface area contributed by atoms with E-state index >= 15 is 0 Å². The van der Waals surface area contributed by atoms with Crippen molar-refractivity contribution in [2.24, 2.45) is 0 Å².